The predicted molar refractivity (Wildman–Crippen MR) is 165 cm³/mol. The Morgan fingerprint density at radius 3 is 1.54 bits per heavy atom. The van der Waals surface area contributed by atoms with Gasteiger partial charge in [-0.05, 0) is 88.8 Å². The van der Waals surface area contributed by atoms with Crippen molar-refractivity contribution in [2.45, 2.75) is 13.1 Å². The number of aromatic nitrogens is 4. The topological polar surface area (TPSA) is 107 Å². The van der Waals surface area contributed by atoms with Crippen molar-refractivity contribution in [1.82, 2.24) is 19.6 Å². The Labute approximate surface area is 268 Å². The Kier molecular flexibility index (Phi) is 13.8. The van der Waals surface area contributed by atoms with E-state index in [0.29, 0.717) is 26.1 Å². The van der Waals surface area contributed by atoms with E-state index in [2.05, 4.69) is 75.8 Å². The number of halogens is 8. The zero-order chi connectivity index (χ0) is 29.3. The van der Waals surface area contributed by atoms with Crippen LogP contribution in [-0.4, -0.2) is 24.7 Å². The van der Waals surface area contributed by atoms with Crippen molar-refractivity contribution < 1.29 is 9.67 Å². The first-order valence-electron chi connectivity index (χ1n) is 10.2. The van der Waals surface area contributed by atoms with Crippen molar-refractivity contribution in [3.8, 4) is 5.75 Å². The third-order valence-corrected chi connectivity index (χ3v) is 7.23. The summed E-state index contributed by atoms with van der Waals surface area (Å²) in [5.41, 5.74) is 0.946. The van der Waals surface area contributed by atoms with E-state index in [0.717, 1.165) is 11.1 Å². The summed E-state index contributed by atoms with van der Waals surface area (Å²) in [5.74, 6) is -0.176. The van der Waals surface area contributed by atoms with Crippen molar-refractivity contribution in [3.63, 3.8) is 0 Å². The molecule has 0 saturated heterocycles. The predicted octanol–water partition coefficient (Wildman–Crippen LogP) is 8.58. The Morgan fingerprint density at radius 2 is 1.10 bits per heavy atom. The summed E-state index contributed by atoms with van der Waals surface area (Å²) in [5, 5.41) is 15.3. The second-order valence-electron chi connectivity index (χ2n) is 7.16. The largest absolute Gasteiger partial charge is 0.505 e. The zero-order valence-electron chi connectivity index (χ0n) is 19.1. The number of hydrogen-bond acceptors (Lipinski definition) is 6. The molecule has 0 atom stereocenters. The van der Waals surface area contributed by atoms with E-state index in [-0.39, 0.29) is 22.3 Å². The standard InChI is InChI=1S/C11H7BrCl2N2O.C11H8BrClN2O2.Cl3OP/c12-10-9(14)5-15-16(11(10)17)6-7-3-1-2-4-8(7)13;12-10-9(16)5-14-15(11(10)17)6-7-3-1-2-4-8(7)13;1-5(2,3)4/h1-5H,6H2;1-5,16H,6H2;. The van der Waals surface area contributed by atoms with Crippen LogP contribution in [0.3, 0.4) is 0 Å². The van der Waals surface area contributed by atoms with E-state index < -0.39 is 10.8 Å². The molecule has 0 aliphatic rings. The van der Waals surface area contributed by atoms with Crippen LogP contribution in [-0.2, 0) is 17.7 Å². The molecule has 2 aromatic heterocycles. The van der Waals surface area contributed by atoms with Crippen LogP contribution < -0.4 is 11.1 Å². The highest BCUT2D eigenvalue weighted by Crippen LogP contribution is 2.61. The first-order chi connectivity index (χ1) is 18.2. The molecule has 1 N–H and O–H groups in total. The van der Waals surface area contributed by atoms with E-state index in [1.165, 1.54) is 21.8 Å². The third kappa shape index (κ3) is 11.4. The second kappa shape index (κ2) is 15.8. The molecular weight excluding hydrogens is 788 g/mol. The minimum absolute atomic E-state index is 0.0968. The van der Waals surface area contributed by atoms with Crippen LogP contribution in [0.25, 0.3) is 0 Å². The molecule has 17 heteroatoms. The van der Waals surface area contributed by atoms with E-state index in [1.807, 2.05) is 36.4 Å². The zero-order valence-corrected chi connectivity index (χ0v) is 27.7. The van der Waals surface area contributed by atoms with Gasteiger partial charge < -0.3 is 5.11 Å². The van der Waals surface area contributed by atoms with Gasteiger partial charge in [0, 0.05) is 10.0 Å². The Balaban J connectivity index is 0.000000234. The van der Waals surface area contributed by atoms with Crippen molar-refractivity contribution in [1.29, 1.82) is 0 Å². The molecular formula is C22H15Br2Cl6N4O4P. The summed E-state index contributed by atoms with van der Waals surface area (Å²) in [6.45, 7) is 0.575. The molecule has 8 nitrogen and oxygen atoms in total. The average Bonchev–Trinajstić information content (AvgIpc) is 2.86. The van der Waals surface area contributed by atoms with Gasteiger partial charge in [-0.3, -0.25) is 14.2 Å². The molecule has 0 saturated carbocycles. The Bertz CT molecular complexity index is 1500. The first-order valence-corrected chi connectivity index (χ1v) is 17.3. The highest BCUT2D eigenvalue weighted by molar-refractivity contribution is 9.10. The molecule has 0 amide bonds. The molecule has 208 valence electrons. The van der Waals surface area contributed by atoms with E-state index in [9.17, 15) is 19.3 Å². The summed E-state index contributed by atoms with van der Waals surface area (Å²) in [7, 11) is 0. The van der Waals surface area contributed by atoms with Crippen molar-refractivity contribution in [3.05, 3.63) is 117 Å². The SMILES string of the molecule is O=P(Cl)(Cl)Cl.O=c1c(Br)c(Cl)cnn1Cc1ccccc1Cl.O=c1c(Br)c(O)cnn1Cc1ccccc1Cl. The van der Waals surface area contributed by atoms with Gasteiger partial charge in [0.1, 0.15) is 8.95 Å². The number of rotatable bonds is 4. The molecule has 2 aromatic carbocycles. The summed E-state index contributed by atoms with van der Waals surface area (Å²) in [6, 6.07) is 14.5. The smallest absolute Gasteiger partial charge is 0.339 e. The van der Waals surface area contributed by atoms with Crippen molar-refractivity contribution in [2.75, 3.05) is 0 Å². The maximum Gasteiger partial charge on any atom is 0.339 e. The first kappa shape index (κ1) is 34.1. The molecule has 4 aromatic rings. The lowest BCUT2D eigenvalue weighted by Crippen LogP contribution is -2.24. The van der Waals surface area contributed by atoms with Crippen LogP contribution in [0.2, 0.25) is 15.1 Å². The van der Waals surface area contributed by atoms with Crippen molar-refractivity contribution >= 4 is 106 Å². The maximum absolute atomic E-state index is 11.8. The van der Waals surface area contributed by atoms with Crippen molar-refractivity contribution in [2.24, 2.45) is 0 Å². The molecule has 0 bridgehead atoms. The fourth-order valence-corrected chi connectivity index (χ4v) is 3.83. The van der Waals surface area contributed by atoms with Gasteiger partial charge in [0.05, 0.1) is 30.5 Å². The third-order valence-electron chi connectivity index (χ3n) is 4.46. The Hall–Kier alpha value is -1.07. The fraction of sp³-hybridized carbons (Fsp3) is 0.0909. The second-order valence-corrected chi connectivity index (χ2v) is 16.6. The van der Waals surface area contributed by atoms with E-state index in [4.69, 9.17) is 34.8 Å². The van der Waals surface area contributed by atoms with Crippen LogP contribution in [0.5, 0.6) is 5.75 Å². The van der Waals surface area contributed by atoms with Crippen LogP contribution in [0, 0.1) is 0 Å². The minimum atomic E-state index is -3.22. The summed E-state index contributed by atoms with van der Waals surface area (Å²) in [4.78, 5) is 23.6. The maximum atomic E-state index is 11.8. The molecule has 0 radical (unpaired) electrons. The van der Waals surface area contributed by atoms with Gasteiger partial charge in [0.25, 0.3) is 11.1 Å². The summed E-state index contributed by atoms with van der Waals surface area (Å²) >= 11 is 37.8. The lowest BCUT2D eigenvalue weighted by Gasteiger charge is -2.07. The lowest BCUT2D eigenvalue weighted by molar-refractivity contribution is 0.457. The van der Waals surface area contributed by atoms with Crippen LogP contribution in [0.1, 0.15) is 11.1 Å². The normalized spacial score (nSPS) is 10.7. The number of aromatic hydroxyl groups is 1. The van der Waals surface area contributed by atoms with Gasteiger partial charge in [-0.25, -0.2) is 9.36 Å². The fourth-order valence-electron chi connectivity index (χ4n) is 2.70. The molecule has 0 aliphatic heterocycles. The summed E-state index contributed by atoms with van der Waals surface area (Å²) in [6.07, 6.45) is 2.63. The number of benzene rings is 2. The molecule has 2 heterocycles. The van der Waals surface area contributed by atoms with Crippen LogP contribution in [0.15, 0.2) is 79.5 Å². The highest BCUT2D eigenvalue weighted by Gasteiger charge is 2.10. The minimum Gasteiger partial charge on any atom is -0.505 e. The molecule has 0 aliphatic carbocycles. The number of hydrogen-bond donors (Lipinski definition) is 1. The monoisotopic (exact) mass is 798 g/mol. The van der Waals surface area contributed by atoms with Crippen LogP contribution in [0.4, 0.5) is 0 Å². The molecule has 0 spiro atoms. The molecule has 0 fully saturated rings. The van der Waals surface area contributed by atoms with Gasteiger partial charge in [0.2, 0.25) is 0 Å². The molecule has 39 heavy (non-hydrogen) atoms. The van der Waals surface area contributed by atoms with Gasteiger partial charge in [-0.1, -0.05) is 71.2 Å². The van der Waals surface area contributed by atoms with Crippen LogP contribution >= 0.6 is 106 Å². The average molecular weight is 803 g/mol. The van der Waals surface area contributed by atoms with E-state index >= 15 is 0 Å². The lowest BCUT2D eigenvalue weighted by atomic mass is 10.2. The van der Waals surface area contributed by atoms with E-state index in [1.54, 1.807) is 12.1 Å². The van der Waals surface area contributed by atoms with Gasteiger partial charge in [-0.15, -0.1) is 0 Å². The number of nitrogens with zero attached hydrogens (tertiary/aromatic N) is 4. The van der Waals surface area contributed by atoms with Gasteiger partial charge >= 0.3 is 5.20 Å². The van der Waals surface area contributed by atoms with Gasteiger partial charge in [0.15, 0.2) is 5.75 Å². The van der Waals surface area contributed by atoms with Gasteiger partial charge in [-0.2, -0.15) is 10.2 Å². The Morgan fingerprint density at radius 1 is 0.718 bits per heavy atom. The highest BCUT2D eigenvalue weighted by atomic mass is 79.9. The summed E-state index contributed by atoms with van der Waals surface area (Å²) < 4.78 is 12.4. The molecule has 4 rings (SSSR count). The quantitative estimate of drug-likeness (QED) is 0.207. The molecule has 0 unspecified atom stereocenters.